The Morgan fingerprint density at radius 2 is 1.82 bits per heavy atom. The van der Waals surface area contributed by atoms with Crippen molar-refractivity contribution >= 4 is 59.4 Å². The SMILES string of the molecule is CC1[C@@H]2[C@@H](CC[C@]3(C)C(=O)C(F)C[C@@H]23)[C@]2(C)C(=CC(=O)C(Br)C2C)C1(Br)CBr. The summed E-state index contributed by atoms with van der Waals surface area (Å²) in [6, 6.07) is 0. The first-order valence-electron chi connectivity index (χ1n) is 10.3. The van der Waals surface area contributed by atoms with Crippen molar-refractivity contribution in [2.45, 2.75) is 62.3 Å². The van der Waals surface area contributed by atoms with E-state index in [1.54, 1.807) is 0 Å². The zero-order chi connectivity index (χ0) is 20.8. The van der Waals surface area contributed by atoms with Crippen LogP contribution in [0, 0.1) is 40.4 Å². The standard InChI is InChI=1S/C22H28Br3FO2/c1-10-17-12(5-6-20(3)13(17)7-14(26)19(20)28)21(4)11(2)18(24)15(27)8-16(21)22(10,25)9-23/h8,10-14,17-18H,5-7,9H2,1-4H3/t10?,11?,12-,13+,14?,17-,18?,20+,21-,22?/m1/s1. The highest BCUT2D eigenvalue weighted by molar-refractivity contribution is 9.12. The summed E-state index contributed by atoms with van der Waals surface area (Å²) in [7, 11) is 0. The molecule has 4 aliphatic rings. The van der Waals surface area contributed by atoms with Crippen molar-refractivity contribution in [3.8, 4) is 0 Å². The molecular weight excluding hydrogens is 555 g/mol. The highest BCUT2D eigenvalue weighted by Gasteiger charge is 2.69. The molecule has 10 atom stereocenters. The lowest BCUT2D eigenvalue weighted by atomic mass is 9.41. The van der Waals surface area contributed by atoms with Crippen LogP contribution in [0.5, 0.6) is 0 Å². The van der Waals surface area contributed by atoms with E-state index in [9.17, 15) is 14.0 Å². The summed E-state index contributed by atoms with van der Waals surface area (Å²) in [5.41, 5.74) is 0.465. The summed E-state index contributed by atoms with van der Waals surface area (Å²) < 4.78 is 14.2. The van der Waals surface area contributed by atoms with Crippen LogP contribution in [0.25, 0.3) is 0 Å². The van der Waals surface area contributed by atoms with Gasteiger partial charge in [0.1, 0.15) is 0 Å². The van der Waals surface area contributed by atoms with Gasteiger partial charge in [-0.25, -0.2) is 4.39 Å². The molecule has 0 saturated heterocycles. The Hall–Kier alpha value is 0.450. The molecule has 6 heteroatoms. The number of Topliss-reactive ketones (excluding diaryl/α,β-unsaturated/α-hetero) is 1. The van der Waals surface area contributed by atoms with Crippen molar-refractivity contribution in [1.29, 1.82) is 0 Å². The van der Waals surface area contributed by atoms with Crippen molar-refractivity contribution in [3.05, 3.63) is 11.6 Å². The van der Waals surface area contributed by atoms with Crippen LogP contribution in [0.15, 0.2) is 11.6 Å². The third-order valence-electron chi connectivity index (χ3n) is 9.27. The number of rotatable bonds is 1. The van der Waals surface area contributed by atoms with Gasteiger partial charge in [-0.05, 0) is 65.9 Å². The molecule has 2 nitrogen and oxygen atoms in total. The molecule has 0 spiro atoms. The molecule has 28 heavy (non-hydrogen) atoms. The number of carbonyl (C=O) groups excluding carboxylic acids is 2. The lowest BCUT2D eigenvalue weighted by molar-refractivity contribution is -0.139. The Bertz CT molecular complexity index is 769. The Morgan fingerprint density at radius 3 is 2.43 bits per heavy atom. The van der Waals surface area contributed by atoms with E-state index in [0.717, 1.165) is 12.8 Å². The van der Waals surface area contributed by atoms with E-state index in [4.69, 9.17) is 0 Å². The maximum Gasteiger partial charge on any atom is 0.173 e. The average molecular weight is 583 g/mol. The van der Waals surface area contributed by atoms with E-state index in [2.05, 4.69) is 68.6 Å². The second kappa shape index (κ2) is 6.72. The molecule has 4 aliphatic carbocycles. The molecule has 0 aromatic carbocycles. The summed E-state index contributed by atoms with van der Waals surface area (Å²) in [6.07, 6.45) is 2.57. The van der Waals surface area contributed by atoms with Gasteiger partial charge < -0.3 is 0 Å². The summed E-state index contributed by atoms with van der Waals surface area (Å²) in [4.78, 5) is 25.3. The number of alkyl halides is 4. The quantitative estimate of drug-likeness (QED) is 0.353. The number of allylic oxidation sites excluding steroid dienone is 1. The lowest BCUT2D eigenvalue weighted by Crippen LogP contribution is -2.64. The fourth-order valence-electron chi connectivity index (χ4n) is 7.37. The molecule has 5 unspecified atom stereocenters. The number of fused-ring (bicyclic) bond motifs is 5. The van der Waals surface area contributed by atoms with Crippen molar-refractivity contribution in [2.75, 3.05) is 5.33 Å². The zero-order valence-electron chi connectivity index (χ0n) is 16.8. The molecule has 0 bridgehead atoms. The predicted octanol–water partition coefficient (Wildman–Crippen LogP) is 6.04. The number of hydrogen-bond donors (Lipinski definition) is 0. The molecule has 3 saturated carbocycles. The van der Waals surface area contributed by atoms with Gasteiger partial charge in [-0.2, -0.15) is 0 Å². The van der Waals surface area contributed by atoms with Crippen molar-refractivity contribution in [3.63, 3.8) is 0 Å². The van der Waals surface area contributed by atoms with Crippen LogP contribution in [0.2, 0.25) is 0 Å². The second-order valence-corrected chi connectivity index (χ2v) is 13.0. The minimum atomic E-state index is -1.33. The van der Waals surface area contributed by atoms with Gasteiger partial charge in [-0.1, -0.05) is 75.5 Å². The van der Waals surface area contributed by atoms with Crippen LogP contribution in [0.3, 0.4) is 0 Å². The van der Waals surface area contributed by atoms with Gasteiger partial charge in [-0.15, -0.1) is 0 Å². The monoisotopic (exact) mass is 580 g/mol. The molecular formula is C22H28Br3FO2. The number of hydrogen-bond acceptors (Lipinski definition) is 2. The smallest absolute Gasteiger partial charge is 0.173 e. The molecule has 0 aliphatic heterocycles. The Balaban J connectivity index is 1.91. The van der Waals surface area contributed by atoms with Crippen LogP contribution in [-0.4, -0.2) is 32.2 Å². The van der Waals surface area contributed by atoms with Gasteiger partial charge in [0.15, 0.2) is 17.7 Å². The summed E-state index contributed by atoms with van der Waals surface area (Å²) in [5, 5.41) is 0.690. The lowest BCUT2D eigenvalue weighted by Gasteiger charge is -2.65. The largest absolute Gasteiger partial charge is 0.296 e. The third-order valence-corrected chi connectivity index (χ3v) is 13.6. The number of carbonyl (C=O) groups is 2. The molecule has 0 heterocycles. The topological polar surface area (TPSA) is 34.1 Å². The molecule has 0 radical (unpaired) electrons. The van der Waals surface area contributed by atoms with Gasteiger partial charge >= 0.3 is 0 Å². The van der Waals surface area contributed by atoms with Gasteiger partial charge in [0, 0.05) is 10.7 Å². The molecule has 4 rings (SSSR count). The second-order valence-electron chi connectivity index (χ2n) is 10.0. The van der Waals surface area contributed by atoms with Gasteiger partial charge in [-0.3, -0.25) is 9.59 Å². The van der Waals surface area contributed by atoms with Crippen LogP contribution < -0.4 is 0 Å². The Morgan fingerprint density at radius 1 is 1.18 bits per heavy atom. The summed E-state index contributed by atoms with van der Waals surface area (Å²) >= 11 is 11.4. The maximum absolute atomic E-state index is 14.6. The Labute approximate surface area is 192 Å². The average Bonchev–Trinajstić information content (AvgIpc) is 2.90. The van der Waals surface area contributed by atoms with Crippen molar-refractivity contribution < 1.29 is 14.0 Å². The van der Waals surface area contributed by atoms with Crippen molar-refractivity contribution in [2.24, 2.45) is 40.4 Å². The fraction of sp³-hybridized carbons (Fsp3) is 0.818. The van der Waals surface area contributed by atoms with Gasteiger partial charge in [0.25, 0.3) is 0 Å². The van der Waals surface area contributed by atoms with Crippen LogP contribution in [0.1, 0.15) is 47.0 Å². The van der Waals surface area contributed by atoms with E-state index < -0.39 is 11.6 Å². The first-order valence-corrected chi connectivity index (χ1v) is 13.1. The summed E-state index contributed by atoms with van der Waals surface area (Å²) in [6.45, 7) is 8.70. The van der Waals surface area contributed by atoms with E-state index in [0.29, 0.717) is 17.7 Å². The molecule has 0 aromatic heterocycles. The summed E-state index contributed by atoms with van der Waals surface area (Å²) in [5.74, 6) is 0.951. The van der Waals surface area contributed by atoms with Crippen LogP contribution >= 0.6 is 47.8 Å². The third kappa shape index (κ3) is 2.46. The fourth-order valence-corrected chi connectivity index (χ4v) is 9.71. The highest BCUT2D eigenvalue weighted by atomic mass is 79.9. The molecule has 156 valence electrons. The first kappa shape index (κ1) is 21.7. The normalized spacial score (nSPS) is 56.0. The van der Waals surface area contributed by atoms with E-state index >= 15 is 0 Å². The van der Waals surface area contributed by atoms with Crippen LogP contribution in [0.4, 0.5) is 4.39 Å². The van der Waals surface area contributed by atoms with E-state index in [-0.39, 0.29) is 49.8 Å². The molecule has 0 N–H and O–H groups in total. The van der Waals surface area contributed by atoms with Gasteiger partial charge in [0.05, 0.1) is 9.15 Å². The number of halogens is 4. The van der Waals surface area contributed by atoms with Crippen LogP contribution in [-0.2, 0) is 9.59 Å². The minimum absolute atomic E-state index is 0.0664. The molecule has 3 fully saturated rings. The molecule has 0 amide bonds. The highest BCUT2D eigenvalue weighted by Crippen LogP contribution is 2.71. The minimum Gasteiger partial charge on any atom is -0.296 e. The van der Waals surface area contributed by atoms with E-state index in [1.807, 2.05) is 13.0 Å². The predicted molar refractivity (Wildman–Crippen MR) is 120 cm³/mol. The molecule has 0 aromatic rings. The maximum atomic E-state index is 14.6. The van der Waals surface area contributed by atoms with Crippen molar-refractivity contribution in [1.82, 2.24) is 0 Å². The van der Waals surface area contributed by atoms with E-state index in [1.165, 1.54) is 5.57 Å². The first-order chi connectivity index (χ1) is 12.9. The zero-order valence-corrected chi connectivity index (χ0v) is 21.5. The van der Waals surface area contributed by atoms with Gasteiger partial charge in [0.2, 0.25) is 0 Å². The number of ketones is 2. The Kier molecular flexibility index (Phi) is 5.20.